The fourth-order valence-electron chi connectivity index (χ4n) is 14.9. The number of anilines is 9. The number of nitrogens with zero attached hydrogens (tertiary/aromatic N) is 21. The van der Waals surface area contributed by atoms with Gasteiger partial charge in [-0.1, -0.05) is 157 Å². The van der Waals surface area contributed by atoms with Gasteiger partial charge in [-0.15, -0.1) is 0 Å². The first-order valence-electron chi connectivity index (χ1n) is 35.7. The number of para-hydroxylation sites is 6. The van der Waals surface area contributed by atoms with Crippen LogP contribution in [0.3, 0.4) is 0 Å². The molecule has 2 aliphatic heterocycles. The van der Waals surface area contributed by atoms with Crippen molar-refractivity contribution in [3.05, 3.63) is 297 Å². The second-order valence-electron chi connectivity index (χ2n) is 26.5. The molecule has 0 unspecified atom stereocenters. The van der Waals surface area contributed by atoms with Crippen molar-refractivity contribution >= 4 is 163 Å². The maximum absolute atomic E-state index is 6.28. The number of aryl methyl sites for hydroxylation is 4. The van der Waals surface area contributed by atoms with Gasteiger partial charge >= 0.3 is 0 Å². The molecule has 0 saturated carbocycles. The van der Waals surface area contributed by atoms with E-state index in [2.05, 4.69) is 248 Å². The lowest BCUT2D eigenvalue weighted by Gasteiger charge is -2.34. The predicted octanol–water partition coefficient (Wildman–Crippen LogP) is 20.1. The van der Waals surface area contributed by atoms with Crippen LogP contribution in [0.15, 0.2) is 285 Å². The van der Waals surface area contributed by atoms with Crippen molar-refractivity contribution in [1.29, 1.82) is 0 Å². The fraction of sp³-hybridized carbons (Fsp3) is 0.0455. The van der Waals surface area contributed by atoms with E-state index in [1.165, 1.54) is 20.9 Å². The van der Waals surface area contributed by atoms with Crippen molar-refractivity contribution in [2.24, 2.45) is 0 Å². The molecule has 111 heavy (non-hydrogen) atoms. The normalized spacial score (nSPS) is 12.1. The lowest BCUT2D eigenvalue weighted by Crippen LogP contribution is -2.19. The Morgan fingerprint density at radius 2 is 0.550 bits per heavy atom. The molecule has 0 bridgehead atoms. The minimum atomic E-state index is 0.619. The Balaban J connectivity index is 0.000000110. The Morgan fingerprint density at radius 1 is 0.261 bits per heavy atom. The summed E-state index contributed by atoms with van der Waals surface area (Å²) < 4.78 is 6.28. The van der Waals surface area contributed by atoms with Crippen LogP contribution in [0.1, 0.15) is 22.3 Å². The van der Waals surface area contributed by atoms with Gasteiger partial charge < -0.3 is 4.74 Å². The Labute approximate surface area is 636 Å². The second-order valence-corrected chi connectivity index (χ2v) is 27.5. The Morgan fingerprint density at radius 3 is 0.919 bits per heavy atom. The molecule has 0 saturated heterocycles. The molecule has 0 N–H and O–H groups in total. The predicted molar refractivity (Wildman–Crippen MR) is 435 cm³/mol. The van der Waals surface area contributed by atoms with E-state index in [0.29, 0.717) is 111 Å². The first-order valence-corrected chi connectivity index (χ1v) is 36.5. The molecule has 526 valence electrons. The molecule has 22 nitrogen and oxygen atoms in total. The van der Waals surface area contributed by atoms with E-state index < -0.39 is 0 Å². The van der Waals surface area contributed by atoms with Crippen LogP contribution in [-0.4, -0.2) is 89.7 Å². The number of ether oxygens (including phenoxy) is 1. The zero-order valence-corrected chi connectivity index (χ0v) is 60.5. The monoisotopic (exact) mass is 1460 g/mol. The van der Waals surface area contributed by atoms with E-state index >= 15 is 0 Å². The number of fused-ring (bicyclic) bond motifs is 22. The van der Waals surface area contributed by atoms with E-state index in [0.717, 1.165) is 84.8 Å². The molecule has 9 aromatic heterocycles. The van der Waals surface area contributed by atoms with Crippen molar-refractivity contribution in [1.82, 2.24) is 89.7 Å². The van der Waals surface area contributed by atoms with Gasteiger partial charge in [0, 0.05) is 95.3 Å². The highest BCUT2D eigenvalue weighted by Crippen LogP contribution is 2.55. The van der Waals surface area contributed by atoms with Gasteiger partial charge in [0.05, 0.1) is 52.7 Å². The third kappa shape index (κ3) is 11.1. The van der Waals surface area contributed by atoms with Crippen molar-refractivity contribution in [3.63, 3.8) is 0 Å². The van der Waals surface area contributed by atoms with Crippen LogP contribution in [0.4, 0.5) is 51.6 Å². The summed E-state index contributed by atoms with van der Waals surface area (Å²) in [5.74, 6) is 3.59. The van der Waals surface area contributed by atoms with E-state index in [9.17, 15) is 0 Å². The quantitative estimate of drug-likeness (QED) is 0.134. The summed E-state index contributed by atoms with van der Waals surface area (Å²) in [5, 5.41) is 0. The van der Waals surface area contributed by atoms with E-state index in [1.807, 2.05) is 48.8 Å². The molecule has 2 aliphatic rings. The standard InChI is InChI=1S/C36H23N7.C26H17N7O.C26H17N7S/c1-3-11-24(12-4-1)26-15-7-9-17-28(26)43(29-18-10-8-16-27(29)25-13-5-2-6-14-25)30-23-41-35-33-31(37-19-20-39-33)32-34(36(35)42-30)40-22-21-38-32;2*1-14-5-3-7-16-25(14)33(26-15(2)6-4-8-17(26)34-16)18-13-31-23-21-19(27-9-10-29-21)20-22(24(23)32-18)30-12-11-28-20/h1-23H;2*3-13H,1-2H3. The van der Waals surface area contributed by atoms with Crippen LogP contribution < -0.4 is 19.4 Å². The van der Waals surface area contributed by atoms with E-state index in [1.54, 1.807) is 92.3 Å². The number of hydrogen-bond acceptors (Lipinski definition) is 23. The first kappa shape index (κ1) is 65.5. The maximum atomic E-state index is 6.28. The van der Waals surface area contributed by atoms with Gasteiger partial charge in [0.15, 0.2) is 29.0 Å². The van der Waals surface area contributed by atoms with Gasteiger partial charge in [-0.05, 0) is 97.5 Å². The summed E-state index contributed by atoms with van der Waals surface area (Å²) in [5.41, 5.74) is 26.6. The number of benzene rings is 11. The molecule has 0 spiro atoms. The average Bonchev–Trinajstić information content (AvgIpc) is 0.738. The van der Waals surface area contributed by atoms with E-state index in [-0.39, 0.29) is 0 Å². The maximum Gasteiger partial charge on any atom is 0.157 e. The summed E-state index contributed by atoms with van der Waals surface area (Å²) in [6.45, 7) is 8.40. The minimum Gasteiger partial charge on any atom is -0.453 e. The highest BCUT2D eigenvalue weighted by Gasteiger charge is 2.33. The van der Waals surface area contributed by atoms with Crippen LogP contribution in [0.2, 0.25) is 0 Å². The zero-order valence-electron chi connectivity index (χ0n) is 59.7. The van der Waals surface area contributed by atoms with Crippen LogP contribution in [0.25, 0.3) is 122 Å². The smallest absolute Gasteiger partial charge is 0.157 e. The SMILES string of the molecule is Cc1cccc2c1N(c1cnc3c4nccnc4c4nccnc4c3n1)c1c(C)cccc1O2.Cc1cccc2c1N(c1cnc3c4nccnc4c4nccnc4c3n1)c1c(C)cccc1S2.c1ccc(-c2ccccc2N(c2cnc3c4nccnc4c4nccnc4c3n2)c2ccccc2-c2ccccc2)cc1. The van der Waals surface area contributed by atoms with Gasteiger partial charge in [0.2, 0.25) is 0 Å². The molecule has 20 aromatic rings. The summed E-state index contributed by atoms with van der Waals surface area (Å²) >= 11 is 1.79. The summed E-state index contributed by atoms with van der Waals surface area (Å²) in [6, 6.07) is 62.4. The number of aromatic nitrogens is 18. The molecular weight excluding hydrogens is 1400 g/mol. The number of rotatable bonds is 7. The Kier molecular flexibility index (Phi) is 16.0. The van der Waals surface area contributed by atoms with Gasteiger partial charge in [-0.25, -0.2) is 29.9 Å². The Bertz CT molecular complexity index is 6610. The topological polar surface area (TPSA) is 251 Å². The summed E-state index contributed by atoms with van der Waals surface area (Å²) in [7, 11) is 0. The Hall–Kier alpha value is -15.0. The molecule has 0 atom stereocenters. The second kappa shape index (κ2) is 27.1. The number of hydrogen-bond donors (Lipinski definition) is 0. The fourth-order valence-corrected chi connectivity index (χ4v) is 16.2. The highest BCUT2D eigenvalue weighted by molar-refractivity contribution is 7.99. The van der Waals surface area contributed by atoms with Crippen LogP contribution in [-0.2, 0) is 0 Å². The molecular formula is C88H57N21OS. The highest BCUT2D eigenvalue weighted by atomic mass is 32.2. The minimum absolute atomic E-state index is 0.619. The summed E-state index contributed by atoms with van der Waals surface area (Å²) in [4.78, 5) is 93.9. The lowest BCUT2D eigenvalue weighted by atomic mass is 9.99. The zero-order chi connectivity index (χ0) is 74.2. The van der Waals surface area contributed by atoms with Gasteiger partial charge in [0.25, 0.3) is 0 Å². The molecule has 22 rings (SSSR count). The largest absolute Gasteiger partial charge is 0.453 e. The van der Waals surface area contributed by atoms with Gasteiger partial charge in [-0.3, -0.25) is 74.5 Å². The van der Waals surface area contributed by atoms with E-state index in [4.69, 9.17) is 34.6 Å². The average molecular weight is 1460 g/mol. The lowest BCUT2D eigenvalue weighted by molar-refractivity contribution is 0.475. The van der Waals surface area contributed by atoms with Gasteiger partial charge in [0.1, 0.15) is 99.3 Å². The van der Waals surface area contributed by atoms with Crippen molar-refractivity contribution in [2.45, 2.75) is 37.5 Å². The molecule has 11 heterocycles. The third-order valence-corrected chi connectivity index (χ3v) is 20.9. The molecule has 0 amide bonds. The van der Waals surface area contributed by atoms with Crippen molar-refractivity contribution in [3.8, 4) is 33.8 Å². The third-order valence-electron chi connectivity index (χ3n) is 19.8. The van der Waals surface area contributed by atoms with Gasteiger partial charge in [-0.2, -0.15) is 0 Å². The van der Waals surface area contributed by atoms with Crippen molar-refractivity contribution in [2.75, 3.05) is 14.7 Å². The van der Waals surface area contributed by atoms with Crippen LogP contribution in [0.5, 0.6) is 11.5 Å². The van der Waals surface area contributed by atoms with Crippen LogP contribution in [0, 0.1) is 27.7 Å². The van der Waals surface area contributed by atoms with Crippen LogP contribution >= 0.6 is 11.8 Å². The molecule has 11 aromatic carbocycles. The first-order chi connectivity index (χ1) is 54.8. The molecule has 0 aliphatic carbocycles. The molecule has 23 heteroatoms. The molecule has 0 fully saturated rings. The van der Waals surface area contributed by atoms with Crippen molar-refractivity contribution < 1.29 is 4.74 Å². The summed E-state index contributed by atoms with van der Waals surface area (Å²) in [6.07, 6.45) is 25.4. The molecule has 0 radical (unpaired) electrons.